The summed E-state index contributed by atoms with van der Waals surface area (Å²) in [4.78, 5) is 14.5. The van der Waals surface area contributed by atoms with Crippen molar-refractivity contribution in [1.29, 1.82) is 0 Å². The van der Waals surface area contributed by atoms with E-state index >= 15 is 0 Å². The van der Waals surface area contributed by atoms with E-state index in [0.29, 0.717) is 60.7 Å². The predicted molar refractivity (Wildman–Crippen MR) is 252 cm³/mol. The smallest absolute Gasteiger partial charge is 0.163 e. The van der Waals surface area contributed by atoms with Crippen LogP contribution in [0, 0.1) is 0 Å². The molecule has 8 aromatic carbocycles. The molecule has 0 amide bonds. The van der Waals surface area contributed by atoms with Crippen LogP contribution < -0.4 is 23.7 Å². The maximum atomic E-state index is 14.5. The molecule has 7 nitrogen and oxygen atoms in total. The zero-order valence-electron chi connectivity index (χ0n) is 36.0. The van der Waals surface area contributed by atoms with Crippen molar-refractivity contribution in [2.75, 3.05) is 0 Å². The van der Waals surface area contributed by atoms with Gasteiger partial charge in [-0.1, -0.05) is 188 Å². The standard InChI is InChI=1S/C58H50O7/c59-51(47-29-17-6-18-30-47)36-50-56-54(63-40-45-25-13-4-14-26-45)34-49(60-37-42-19-7-1-8-20-42)35-55(56)65-57(58(50)64-41-46-27-15-5-16-28-46)48-31-32-52(61-38-43-21-9-2-10-22-43)53(33-48)62-39-44-23-11-3-12-24-44/h1-35,50,57-58H,36-41H2/t50-,57+,58-/m0/s1. The lowest BCUT2D eigenvalue weighted by Gasteiger charge is -2.40. The van der Waals surface area contributed by atoms with Crippen LogP contribution in [0.2, 0.25) is 0 Å². The van der Waals surface area contributed by atoms with E-state index in [0.717, 1.165) is 38.9 Å². The third kappa shape index (κ3) is 11.1. The van der Waals surface area contributed by atoms with Gasteiger partial charge in [0, 0.05) is 35.6 Å². The van der Waals surface area contributed by atoms with E-state index in [1.807, 2.05) is 212 Å². The second-order valence-corrected chi connectivity index (χ2v) is 16.0. The average molecular weight is 859 g/mol. The lowest BCUT2D eigenvalue weighted by molar-refractivity contribution is -0.0641. The molecule has 0 radical (unpaired) electrons. The molecule has 0 spiro atoms. The molecule has 0 saturated heterocycles. The molecule has 0 N–H and O–H groups in total. The van der Waals surface area contributed by atoms with Crippen LogP contribution in [0.4, 0.5) is 0 Å². The van der Waals surface area contributed by atoms with Gasteiger partial charge in [-0.25, -0.2) is 0 Å². The van der Waals surface area contributed by atoms with Crippen molar-refractivity contribution < 1.29 is 33.2 Å². The topological polar surface area (TPSA) is 72.5 Å². The van der Waals surface area contributed by atoms with Crippen molar-refractivity contribution in [3.05, 3.63) is 257 Å². The SMILES string of the molecule is O=C(C[C@H]1c2c(OCc3ccccc3)cc(OCc3ccccc3)cc2O[C@H](c2ccc(OCc3ccccc3)c(OCc3ccccc3)c2)[C@H]1OCc1ccccc1)c1ccccc1. The highest BCUT2D eigenvalue weighted by Crippen LogP contribution is 2.52. The molecule has 0 aromatic heterocycles. The molecule has 9 rings (SSSR count). The minimum Gasteiger partial charge on any atom is -0.489 e. The zero-order valence-corrected chi connectivity index (χ0v) is 36.0. The van der Waals surface area contributed by atoms with Gasteiger partial charge >= 0.3 is 0 Å². The molecule has 0 fully saturated rings. The van der Waals surface area contributed by atoms with Gasteiger partial charge in [0.25, 0.3) is 0 Å². The number of hydrogen-bond acceptors (Lipinski definition) is 7. The number of rotatable bonds is 19. The molecule has 0 bridgehead atoms. The summed E-state index contributed by atoms with van der Waals surface area (Å²) in [6, 6.07) is 69.4. The van der Waals surface area contributed by atoms with Gasteiger partial charge in [-0.15, -0.1) is 0 Å². The molecule has 0 saturated carbocycles. The third-order valence-corrected chi connectivity index (χ3v) is 11.4. The quantitative estimate of drug-likeness (QED) is 0.0750. The molecular formula is C58H50O7. The normalized spacial score (nSPS) is 15.2. The summed E-state index contributed by atoms with van der Waals surface area (Å²) in [5.41, 5.74) is 7.22. The molecule has 0 unspecified atom stereocenters. The highest BCUT2D eigenvalue weighted by molar-refractivity contribution is 5.96. The Hall–Kier alpha value is -7.61. The first-order valence-corrected chi connectivity index (χ1v) is 22.0. The van der Waals surface area contributed by atoms with Crippen LogP contribution in [0.25, 0.3) is 0 Å². The molecule has 1 heterocycles. The summed E-state index contributed by atoms with van der Waals surface area (Å²) in [7, 11) is 0. The van der Waals surface area contributed by atoms with Gasteiger partial charge in [0.05, 0.1) is 6.61 Å². The Bertz CT molecular complexity index is 2730. The van der Waals surface area contributed by atoms with Crippen molar-refractivity contribution >= 4 is 5.78 Å². The highest BCUT2D eigenvalue weighted by Gasteiger charge is 2.44. The Labute approximate surface area is 380 Å². The fourth-order valence-corrected chi connectivity index (χ4v) is 8.09. The monoisotopic (exact) mass is 858 g/mol. The van der Waals surface area contributed by atoms with Gasteiger partial charge in [-0.05, 0) is 45.5 Å². The Kier molecular flexibility index (Phi) is 13.9. The summed E-state index contributed by atoms with van der Waals surface area (Å²) in [5, 5.41) is 0. The summed E-state index contributed by atoms with van der Waals surface area (Å²) < 4.78 is 40.6. The lowest BCUT2D eigenvalue weighted by Crippen LogP contribution is -2.38. The first-order valence-electron chi connectivity index (χ1n) is 22.0. The maximum absolute atomic E-state index is 14.5. The van der Waals surface area contributed by atoms with Crippen LogP contribution >= 0.6 is 0 Å². The van der Waals surface area contributed by atoms with Gasteiger partial charge in [0.15, 0.2) is 23.4 Å². The molecular weight excluding hydrogens is 809 g/mol. The molecule has 1 aliphatic heterocycles. The van der Waals surface area contributed by atoms with E-state index in [-0.39, 0.29) is 18.8 Å². The fourth-order valence-electron chi connectivity index (χ4n) is 8.09. The number of ketones is 1. The van der Waals surface area contributed by atoms with Crippen molar-refractivity contribution in [2.45, 2.75) is 57.6 Å². The zero-order chi connectivity index (χ0) is 44.0. The second-order valence-electron chi connectivity index (χ2n) is 16.0. The Morgan fingerprint density at radius 2 is 0.877 bits per heavy atom. The van der Waals surface area contributed by atoms with E-state index in [1.165, 1.54) is 0 Å². The Morgan fingerprint density at radius 1 is 0.431 bits per heavy atom. The molecule has 1 aliphatic rings. The number of carbonyl (C=O) groups is 1. The van der Waals surface area contributed by atoms with Crippen LogP contribution in [0.3, 0.4) is 0 Å². The maximum Gasteiger partial charge on any atom is 0.163 e. The third-order valence-electron chi connectivity index (χ3n) is 11.4. The largest absolute Gasteiger partial charge is 0.489 e. The Balaban J connectivity index is 1.16. The number of Topliss-reactive ketones (excluding diaryl/α,β-unsaturated/α-hetero) is 1. The van der Waals surface area contributed by atoms with Gasteiger partial charge in [-0.2, -0.15) is 0 Å². The number of carbonyl (C=O) groups excluding carboxylic acids is 1. The summed E-state index contributed by atoms with van der Waals surface area (Å²) in [6.45, 7) is 1.60. The Morgan fingerprint density at radius 3 is 1.40 bits per heavy atom. The minimum atomic E-state index is -0.701. The molecule has 8 aromatic rings. The molecule has 65 heavy (non-hydrogen) atoms. The van der Waals surface area contributed by atoms with E-state index in [4.69, 9.17) is 28.4 Å². The summed E-state index contributed by atoms with van der Waals surface area (Å²) in [6.07, 6.45) is -1.24. The van der Waals surface area contributed by atoms with Crippen LogP contribution in [0.5, 0.6) is 28.7 Å². The van der Waals surface area contributed by atoms with E-state index < -0.39 is 18.1 Å². The van der Waals surface area contributed by atoms with E-state index in [9.17, 15) is 4.79 Å². The van der Waals surface area contributed by atoms with Crippen LogP contribution in [0.15, 0.2) is 212 Å². The highest BCUT2D eigenvalue weighted by atomic mass is 16.6. The van der Waals surface area contributed by atoms with Crippen LogP contribution in [0.1, 0.15) is 67.7 Å². The molecule has 3 atom stereocenters. The van der Waals surface area contributed by atoms with Crippen molar-refractivity contribution in [3.8, 4) is 28.7 Å². The van der Waals surface area contributed by atoms with Gasteiger partial charge in [0.2, 0.25) is 0 Å². The lowest BCUT2D eigenvalue weighted by atomic mass is 9.80. The van der Waals surface area contributed by atoms with Gasteiger partial charge < -0.3 is 28.4 Å². The first-order chi connectivity index (χ1) is 32.1. The number of fused-ring (bicyclic) bond motifs is 1. The fraction of sp³-hybridized carbons (Fsp3) is 0.155. The average Bonchev–Trinajstić information content (AvgIpc) is 3.37. The molecule has 324 valence electrons. The first kappa shape index (κ1) is 42.7. The number of benzene rings is 8. The van der Waals surface area contributed by atoms with E-state index in [2.05, 4.69) is 0 Å². The number of hydrogen-bond donors (Lipinski definition) is 0. The van der Waals surface area contributed by atoms with Crippen LogP contribution in [-0.4, -0.2) is 11.9 Å². The van der Waals surface area contributed by atoms with Crippen molar-refractivity contribution in [1.82, 2.24) is 0 Å². The predicted octanol–water partition coefficient (Wildman–Crippen LogP) is 13.1. The molecule has 0 aliphatic carbocycles. The summed E-state index contributed by atoms with van der Waals surface area (Å²) in [5.74, 6) is 2.29. The van der Waals surface area contributed by atoms with Crippen molar-refractivity contribution in [2.24, 2.45) is 0 Å². The van der Waals surface area contributed by atoms with Crippen molar-refractivity contribution in [3.63, 3.8) is 0 Å². The molecule has 7 heteroatoms. The van der Waals surface area contributed by atoms with E-state index in [1.54, 1.807) is 0 Å². The summed E-state index contributed by atoms with van der Waals surface area (Å²) >= 11 is 0. The second kappa shape index (κ2) is 21.2. The van der Waals surface area contributed by atoms with Gasteiger partial charge in [-0.3, -0.25) is 4.79 Å². The van der Waals surface area contributed by atoms with Crippen LogP contribution in [-0.2, 0) is 37.8 Å². The van der Waals surface area contributed by atoms with Gasteiger partial charge in [0.1, 0.15) is 49.8 Å². The minimum absolute atomic E-state index is 0.0227. The number of ether oxygens (including phenoxy) is 6.